The van der Waals surface area contributed by atoms with Crippen LogP contribution in [-0.2, 0) is 6.42 Å². The van der Waals surface area contributed by atoms with Crippen molar-refractivity contribution < 1.29 is 0 Å². The van der Waals surface area contributed by atoms with Gasteiger partial charge in [-0.15, -0.1) is 0 Å². The standard InChI is InChI=1S/C16H25N3/c1-19-9-8-18-16(12-19)10-13-2-4-14(5-3-13)15-6-7-17-11-15/h2-5,15-18H,6-12H2,1H3. The maximum Gasteiger partial charge on any atom is 0.0235 e. The van der Waals surface area contributed by atoms with E-state index in [-0.39, 0.29) is 0 Å². The van der Waals surface area contributed by atoms with E-state index in [0.717, 1.165) is 32.0 Å². The van der Waals surface area contributed by atoms with E-state index in [4.69, 9.17) is 0 Å². The molecule has 2 aliphatic heterocycles. The summed E-state index contributed by atoms with van der Waals surface area (Å²) in [6, 6.07) is 9.92. The summed E-state index contributed by atoms with van der Waals surface area (Å²) in [7, 11) is 2.21. The first-order chi connectivity index (χ1) is 9.31. The van der Waals surface area contributed by atoms with Gasteiger partial charge in [0.05, 0.1) is 0 Å². The summed E-state index contributed by atoms with van der Waals surface area (Å²) in [5.74, 6) is 0.730. The SMILES string of the molecule is CN1CCNC(Cc2ccc(C3CCNC3)cc2)C1. The number of nitrogens with zero attached hydrogens (tertiary/aromatic N) is 1. The van der Waals surface area contributed by atoms with Gasteiger partial charge in [-0.25, -0.2) is 0 Å². The number of benzene rings is 1. The fourth-order valence-corrected chi connectivity index (χ4v) is 3.28. The molecule has 2 N–H and O–H groups in total. The molecule has 1 aromatic rings. The summed E-state index contributed by atoms with van der Waals surface area (Å²) in [5.41, 5.74) is 2.96. The number of nitrogens with one attached hydrogen (secondary N) is 2. The largest absolute Gasteiger partial charge is 0.316 e. The molecule has 0 saturated carbocycles. The van der Waals surface area contributed by atoms with Crippen molar-refractivity contribution in [2.75, 3.05) is 39.8 Å². The quantitative estimate of drug-likeness (QED) is 0.854. The Balaban J connectivity index is 1.59. The van der Waals surface area contributed by atoms with Gasteiger partial charge in [0.1, 0.15) is 0 Å². The van der Waals surface area contributed by atoms with Crippen LogP contribution in [0.25, 0.3) is 0 Å². The minimum Gasteiger partial charge on any atom is -0.316 e. The van der Waals surface area contributed by atoms with Gasteiger partial charge in [-0.2, -0.15) is 0 Å². The molecular formula is C16H25N3. The fraction of sp³-hybridized carbons (Fsp3) is 0.625. The van der Waals surface area contributed by atoms with E-state index in [1.54, 1.807) is 0 Å². The highest BCUT2D eigenvalue weighted by atomic mass is 15.2. The highest BCUT2D eigenvalue weighted by Gasteiger charge is 2.18. The van der Waals surface area contributed by atoms with E-state index < -0.39 is 0 Å². The summed E-state index contributed by atoms with van der Waals surface area (Å²) < 4.78 is 0. The Bertz CT molecular complexity index is 395. The van der Waals surface area contributed by atoms with Crippen molar-refractivity contribution in [3.63, 3.8) is 0 Å². The average Bonchev–Trinajstić information content (AvgIpc) is 2.94. The minimum absolute atomic E-state index is 0.609. The molecule has 0 radical (unpaired) electrons. The zero-order valence-electron chi connectivity index (χ0n) is 11.9. The first-order valence-corrected chi connectivity index (χ1v) is 7.53. The second kappa shape index (κ2) is 6.04. The zero-order chi connectivity index (χ0) is 13.1. The highest BCUT2D eigenvalue weighted by Crippen LogP contribution is 2.22. The molecule has 1 aromatic carbocycles. The Hall–Kier alpha value is -0.900. The van der Waals surface area contributed by atoms with Gasteiger partial charge in [0.15, 0.2) is 0 Å². The minimum atomic E-state index is 0.609. The molecule has 0 bridgehead atoms. The first-order valence-electron chi connectivity index (χ1n) is 7.53. The molecule has 104 valence electrons. The van der Waals surface area contributed by atoms with Gasteiger partial charge in [-0.3, -0.25) is 0 Å². The summed E-state index contributed by atoms with van der Waals surface area (Å²) in [4.78, 5) is 2.42. The second-order valence-electron chi connectivity index (χ2n) is 6.05. The Morgan fingerprint density at radius 3 is 2.74 bits per heavy atom. The first kappa shape index (κ1) is 13.1. The maximum atomic E-state index is 3.62. The van der Waals surface area contributed by atoms with Gasteiger partial charge in [-0.05, 0) is 43.5 Å². The second-order valence-corrected chi connectivity index (χ2v) is 6.05. The van der Waals surface area contributed by atoms with Crippen LogP contribution in [0.4, 0.5) is 0 Å². The number of hydrogen-bond donors (Lipinski definition) is 2. The molecule has 2 fully saturated rings. The predicted molar refractivity (Wildman–Crippen MR) is 79.7 cm³/mol. The summed E-state index contributed by atoms with van der Waals surface area (Å²) in [6.45, 7) is 5.77. The Labute approximate surface area is 116 Å². The van der Waals surface area contributed by atoms with Crippen molar-refractivity contribution >= 4 is 0 Å². The zero-order valence-corrected chi connectivity index (χ0v) is 11.9. The van der Waals surface area contributed by atoms with Gasteiger partial charge in [0, 0.05) is 32.2 Å². The van der Waals surface area contributed by atoms with Gasteiger partial charge < -0.3 is 15.5 Å². The molecule has 2 heterocycles. The van der Waals surface area contributed by atoms with E-state index in [1.807, 2.05) is 0 Å². The van der Waals surface area contributed by atoms with Gasteiger partial charge in [0.2, 0.25) is 0 Å². The molecule has 2 aliphatic rings. The molecule has 0 aliphatic carbocycles. The van der Waals surface area contributed by atoms with Crippen LogP contribution in [0.5, 0.6) is 0 Å². The van der Waals surface area contributed by atoms with E-state index in [1.165, 1.54) is 30.6 Å². The summed E-state index contributed by atoms with van der Waals surface area (Å²) in [6.07, 6.45) is 2.43. The number of hydrogen-bond acceptors (Lipinski definition) is 3. The summed E-state index contributed by atoms with van der Waals surface area (Å²) >= 11 is 0. The molecule has 2 unspecified atom stereocenters. The van der Waals surface area contributed by atoms with E-state index in [0.29, 0.717) is 6.04 Å². The average molecular weight is 259 g/mol. The van der Waals surface area contributed by atoms with Crippen LogP contribution in [0.1, 0.15) is 23.5 Å². The molecule has 3 heteroatoms. The van der Waals surface area contributed by atoms with E-state index >= 15 is 0 Å². The number of likely N-dealkylation sites (N-methyl/N-ethyl adjacent to an activating group) is 1. The lowest BCUT2D eigenvalue weighted by atomic mass is 9.95. The monoisotopic (exact) mass is 259 g/mol. The van der Waals surface area contributed by atoms with Gasteiger partial charge in [0.25, 0.3) is 0 Å². The third-order valence-electron chi connectivity index (χ3n) is 4.45. The predicted octanol–water partition coefficient (Wildman–Crippen LogP) is 1.21. The third-order valence-corrected chi connectivity index (χ3v) is 4.45. The van der Waals surface area contributed by atoms with Crippen LogP contribution in [-0.4, -0.2) is 50.7 Å². The fourth-order valence-electron chi connectivity index (χ4n) is 3.28. The van der Waals surface area contributed by atoms with Crippen LogP contribution in [0.15, 0.2) is 24.3 Å². The smallest absolute Gasteiger partial charge is 0.0235 e. The lowest BCUT2D eigenvalue weighted by Gasteiger charge is -2.31. The van der Waals surface area contributed by atoms with Gasteiger partial charge in [-0.1, -0.05) is 24.3 Å². The summed E-state index contributed by atoms with van der Waals surface area (Å²) in [5, 5.41) is 7.06. The molecule has 19 heavy (non-hydrogen) atoms. The van der Waals surface area contributed by atoms with Crippen molar-refractivity contribution in [3.05, 3.63) is 35.4 Å². The molecule has 3 rings (SSSR count). The molecule has 0 aromatic heterocycles. The van der Waals surface area contributed by atoms with Crippen LogP contribution in [0.2, 0.25) is 0 Å². The Morgan fingerprint density at radius 1 is 1.21 bits per heavy atom. The maximum absolute atomic E-state index is 3.62. The van der Waals surface area contributed by atoms with Crippen molar-refractivity contribution in [3.8, 4) is 0 Å². The molecule has 2 saturated heterocycles. The number of rotatable bonds is 3. The van der Waals surface area contributed by atoms with Crippen LogP contribution in [0, 0.1) is 0 Å². The molecule has 0 amide bonds. The lowest BCUT2D eigenvalue weighted by Crippen LogP contribution is -2.49. The molecular weight excluding hydrogens is 234 g/mol. The normalized spacial score (nSPS) is 28.7. The van der Waals surface area contributed by atoms with E-state index in [9.17, 15) is 0 Å². The molecule has 0 spiro atoms. The molecule has 3 nitrogen and oxygen atoms in total. The van der Waals surface area contributed by atoms with Crippen LogP contribution >= 0.6 is 0 Å². The van der Waals surface area contributed by atoms with Crippen molar-refractivity contribution in [2.24, 2.45) is 0 Å². The third kappa shape index (κ3) is 3.35. The van der Waals surface area contributed by atoms with Crippen molar-refractivity contribution in [2.45, 2.75) is 24.8 Å². The Morgan fingerprint density at radius 2 is 2.05 bits per heavy atom. The van der Waals surface area contributed by atoms with Crippen molar-refractivity contribution in [1.82, 2.24) is 15.5 Å². The van der Waals surface area contributed by atoms with Gasteiger partial charge >= 0.3 is 0 Å². The van der Waals surface area contributed by atoms with E-state index in [2.05, 4.69) is 46.8 Å². The van der Waals surface area contributed by atoms with Crippen LogP contribution in [0.3, 0.4) is 0 Å². The van der Waals surface area contributed by atoms with Crippen molar-refractivity contribution in [1.29, 1.82) is 0 Å². The topological polar surface area (TPSA) is 27.3 Å². The lowest BCUT2D eigenvalue weighted by molar-refractivity contribution is 0.238. The molecule has 2 atom stereocenters. The number of piperazine rings is 1. The highest BCUT2D eigenvalue weighted by molar-refractivity contribution is 5.27. The Kier molecular flexibility index (Phi) is 4.16. The van der Waals surface area contributed by atoms with Crippen LogP contribution < -0.4 is 10.6 Å².